The third kappa shape index (κ3) is 6.54. The largest absolute Gasteiger partial charge is 0.373 e. The monoisotopic (exact) mass is 451 g/mol. The highest BCUT2D eigenvalue weighted by atomic mass is 32.2. The third-order valence-corrected chi connectivity index (χ3v) is 5.62. The van der Waals surface area contributed by atoms with E-state index in [4.69, 9.17) is 9.78 Å². The molecule has 0 heterocycles. The number of hydrogen-bond acceptors (Lipinski definition) is 5. The lowest BCUT2D eigenvalue weighted by Crippen LogP contribution is -2.22. The highest BCUT2D eigenvalue weighted by Gasteiger charge is 2.21. The Balaban J connectivity index is 1.84. The second-order valence-corrected chi connectivity index (χ2v) is 9.69. The lowest BCUT2D eigenvalue weighted by atomic mass is 10.1. The molecule has 32 heavy (non-hydrogen) atoms. The number of nitrogens with one attached hydrogen (secondary N) is 1. The van der Waals surface area contributed by atoms with Crippen LogP contribution in [0.2, 0.25) is 0 Å². The molecular weight excluding hydrogens is 426 g/mol. The minimum absolute atomic E-state index is 0.131. The van der Waals surface area contributed by atoms with Gasteiger partial charge in [-0.25, -0.2) is 13.2 Å². The fourth-order valence-electron chi connectivity index (χ4n) is 2.71. The van der Waals surface area contributed by atoms with Crippen molar-refractivity contribution in [1.29, 1.82) is 0 Å². The molecule has 0 bridgehead atoms. The van der Waals surface area contributed by atoms with Gasteiger partial charge >= 0.3 is 5.97 Å². The van der Waals surface area contributed by atoms with Gasteiger partial charge < -0.3 is 0 Å². The van der Waals surface area contributed by atoms with E-state index in [1.54, 1.807) is 51.1 Å². The number of hydrogen-bond donors (Lipinski definition) is 1. The Kier molecular flexibility index (Phi) is 7.12. The summed E-state index contributed by atoms with van der Waals surface area (Å²) < 4.78 is 29.1. The molecule has 0 aliphatic rings. The molecule has 7 heteroatoms. The van der Waals surface area contributed by atoms with Crippen LogP contribution in [0, 0.1) is 0 Å². The van der Waals surface area contributed by atoms with Crippen molar-refractivity contribution in [2.75, 3.05) is 4.72 Å². The summed E-state index contributed by atoms with van der Waals surface area (Å²) in [5, 5.41) is 0. The number of carbonyl (C=O) groups is 1. The van der Waals surface area contributed by atoms with Gasteiger partial charge in [-0.2, -0.15) is 4.89 Å². The molecule has 166 valence electrons. The second-order valence-electron chi connectivity index (χ2n) is 8.03. The van der Waals surface area contributed by atoms with Gasteiger partial charge in [-0.1, -0.05) is 60.7 Å². The summed E-state index contributed by atoms with van der Waals surface area (Å²) in [6.07, 6.45) is 1.62. The summed E-state index contributed by atoms with van der Waals surface area (Å²) >= 11 is 0. The highest BCUT2D eigenvalue weighted by Crippen LogP contribution is 2.26. The Morgan fingerprint density at radius 1 is 0.812 bits per heavy atom. The van der Waals surface area contributed by atoms with Crippen LogP contribution in [-0.2, 0) is 19.8 Å². The van der Waals surface area contributed by atoms with Gasteiger partial charge in [-0.05, 0) is 62.2 Å². The van der Waals surface area contributed by atoms with Gasteiger partial charge in [0.2, 0.25) is 0 Å². The van der Waals surface area contributed by atoms with Crippen LogP contribution in [0.1, 0.15) is 42.3 Å². The summed E-state index contributed by atoms with van der Waals surface area (Å²) in [5.41, 5.74) is 1.23. The molecule has 0 atom stereocenters. The van der Waals surface area contributed by atoms with Gasteiger partial charge in [-0.3, -0.25) is 9.61 Å². The van der Waals surface area contributed by atoms with Crippen LogP contribution in [0.4, 0.5) is 5.69 Å². The van der Waals surface area contributed by atoms with Gasteiger partial charge in [0, 0.05) is 5.69 Å². The summed E-state index contributed by atoms with van der Waals surface area (Å²) in [7, 11) is -3.92. The van der Waals surface area contributed by atoms with E-state index in [1.807, 2.05) is 36.4 Å². The first-order valence-electron chi connectivity index (χ1n) is 9.99. The smallest absolute Gasteiger partial charge is 0.292 e. The molecule has 0 aliphatic heterocycles. The van der Waals surface area contributed by atoms with Gasteiger partial charge in [0.15, 0.2) is 0 Å². The van der Waals surface area contributed by atoms with Crippen molar-refractivity contribution in [2.24, 2.45) is 0 Å². The number of carbonyl (C=O) groups excluding carboxylic acids is 1. The average molecular weight is 452 g/mol. The molecule has 3 aromatic carbocycles. The maximum Gasteiger partial charge on any atom is 0.373 e. The Morgan fingerprint density at radius 2 is 1.38 bits per heavy atom. The van der Waals surface area contributed by atoms with Gasteiger partial charge in [0.05, 0.1) is 10.5 Å². The minimum atomic E-state index is -3.92. The van der Waals surface area contributed by atoms with E-state index in [2.05, 4.69) is 4.72 Å². The Labute approximate surface area is 188 Å². The van der Waals surface area contributed by atoms with Crippen molar-refractivity contribution >= 4 is 32.7 Å². The standard InChI is InChI=1S/C25H25NO5S/c1-25(2,3)31-30-24(27)21-14-16-22(17-15-21)26-32(28,29)23(20-12-8-5-9-13-20)18-19-10-6-4-7-11-19/h4-18,26H,1-3H3/b23-18+. The van der Waals surface area contributed by atoms with Crippen LogP contribution in [0.3, 0.4) is 0 Å². The lowest BCUT2D eigenvalue weighted by molar-refractivity contribution is -0.301. The number of sulfonamides is 1. The van der Waals surface area contributed by atoms with Gasteiger partial charge in [-0.15, -0.1) is 0 Å². The van der Waals surface area contributed by atoms with E-state index in [1.165, 1.54) is 24.3 Å². The third-order valence-electron chi connectivity index (χ3n) is 4.19. The number of rotatable bonds is 7. The molecule has 0 aromatic heterocycles. The van der Waals surface area contributed by atoms with Crippen LogP contribution in [-0.4, -0.2) is 20.0 Å². The molecule has 6 nitrogen and oxygen atoms in total. The molecule has 0 spiro atoms. The van der Waals surface area contributed by atoms with Crippen LogP contribution in [0.25, 0.3) is 11.0 Å². The minimum Gasteiger partial charge on any atom is -0.292 e. The zero-order valence-corrected chi connectivity index (χ0v) is 18.9. The molecule has 0 saturated heterocycles. The van der Waals surface area contributed by atoms with E-state index in [0.717, 1.165) is 5.56 Å². The number of benzene rings is 3. The average Bonchev–Trinajstić information content (AvgIpc) is 2.77. The molecule has 0 radical (unpaired) electrons. The maximum atomic E-state index is 13.2. The summed E-state index contributed by atoms with van der Waals surface area (Å²) in [6.45, 7) is 5.27. The van der Waals surface area contributed by atoms with E-state index in [0.29, 0.717) is 11.3 Å². The quantitative estimate of drug-likeness (QED) is 0.291. The van der Waals surface area contributed by atoms with Crippen LogP contribution in [0.5, 0.6) is 0 Å². The van der Waals surface area contributed by atoms with Crippen molar-refractivity contribution in [2.45, 2.75) is 26.4 Å². The predicted octanol–water partition coefficient (Wildman–Crippen LogP) is 5.51. The number of anilines is 1. The first-order valence-corrected chi connectivity index (χ1v) is 11.5. The maximum absolute atomic E-state index is 13.2. The summed E-state index contributed by atoms with van der Waals surface area (Å²) in [5.74, 6) is -0.664. The zero-order chi connectivity index (χ0) is 23.2. The lowest BCUT2D eigenvalue weighted by Gasteiger charge is -2.16. The van der Waals surface area contributed by atoms with E-state index < -0.39 is 21.6 Å². The van der Waals surface area contributed by atoms with Crippen molar-refractivity contribution in [1.82, 2.24) is 0 Å². The SMILES string of the molecule is CC(C)(C)OOC(=O)c1ccc(NS(=O)(=O)/C(=C/c2ccccc2)c2ccccc2)cc1. The molecule has 0 aliphatic carbocycles. The first kappa shape index (κ1) is 23.2. The fourth-order valence-corrected chi connectivity index (χ4v) is 4.01. The Hall–Kier alpha value is -3.42. The fraction of sp³-hybridized carbons (Fsp3) is 0.160. The summed E-state index contributed by atoms with van der Waals surface area (Å²) in [4.78, 5) is 22.1. The normalized spacial score (nSPS) is 12.3. The van der Waals surface area contributed by atoms with Crippen LogP contribution >= 0.6 is 0 Å². The highest BCUT2D eigenvalue weighted by molar-refractivity contribution is 8.02. The van der Waals surface area contributed by atoms with Gasteiger partial charge in [0.1, 0.15) is 5.60 Å². The molecule has 1 N–H and O–H groups in total. The van der Waals surface area contributed by atoms with E-state index in [-0.39, 0.29) is 10.5 Å². The Morgan fingerprint density at radius 3 is 1.94 bits per heavy atom. The van der Waals surface area contributed by atoms with E-state index >= 15 is 0 Å². The topological polar surface area (TPSA) is 81.7 Å². The van der Waals surface area contributed by atoms with Crippen molar-refractivity contribution < 1.29 is 23.0 Å². The van der Waals surface area contributed by atoms with E-state index in [9.17, 15) is 13.2 Å². The first-order chi connectivity index (χ1) is 15.1. The van der Waals surface area contributed by atoms with Crippen LogP contribution in [0.15, 0.2) is 84.9 Å². The zero-order valence-electron chi connectivity index (χ0n) is 18.1. The van der Waals surface area contributed by atoms with Crippen molar-refractivity contribution in [3.05, 3.63) is 102 Å². The Bertz CT molecular complexity index is 1180. The van der Waals surface area contributed by atoms with Crippen LogP contribution < -0.4 is 4.72 Å². The molecule has 0 amide bonds. The molecular formula is C25H25NO5S. The molecule has 0 unspecified atom stereocenters. The predicted molar refractivity (Wildman–Crippen MR) is 126 cm³/mol. The van der Waals surface area contributed by atoms with Crippen molar-refractivity contribution in [3.8, 4) is 0 Å². The van der Waals surface area contributed by atoms with Gasteiger partial charge in [0.25, 0.3) is 10.0 Å². The van der Waals surface area contributed by atoms with Crippen molar-refractivity contribution in [3.63, 3.8) is 0 Å². The second kappa shape index (κ2) is 9.80. The summed E-state index contributed by atoms with van der Waals surface area (Å²) in [6, 6.07) is 24.0. The molecule has 3 rings (SSSR count). The molecule has 0 fully saturated rings. The molecule has 0 saturated carbocycles. The molecule has 3 aromatic rings.